The number of carbonyl (C=O) groups is 1. The molecule has 1 aliphatic heterocycles. The van der Waals surface area contributed by atoms with Crippen LogP contribution in [0.3, 0.4) is 0 Å². The van der Waals surface area contributed by atoms with E-state index in [1.165, 1.54) is 19.2 Å². The zero-order valence-electron chi connectivity index (χ0n) is 13.6. The molecule has 1 saturated heterocycles. The molecule has 0 spiro atoms. The Kier molecular flexibility index (Phi) is 4.87. The third-order valence-electron chi connectivity index (χ3n) is 4.53. The molecule has 0 radical (unpaired) electrons. The molecule has 8 heteroatoms. The number of hydrogen-bond acceptors (Lipinski definition) is 4. The van der Waals surface area contributed by atoms with E-state index in [9.17, 15) is 18.4 Å². The maximum absolute atomic E-state index is 13.5. The van der Waals surface area contributed by atoms with Crippen LogP contribution in [0.25, 0.3) is 0 Å². The van der Waals surface area contributed by atoms with Crippen molar-refractivity contribution in [3.8, 4) is 0 Å². The fourth-order valence-corrected chi connectivity index (χ4v) is 3.30. The highest BCUT2D eigenvalue weighted by Gasteiger charge is 2.34. The van der Waals surface area contributed by atoms with Crippen LogP contribution in [0.5, 0.6) is 0 Å². The Balaban J connectivity index is 1.82. The third kappa shape index (κ3) is 3.72. The van der Waals surface area contributed by atoms with Crippen LogP contribution in [0.1, 0.15) is 30.1 Å². The number of nitrogens with one attached hydrogen (secondary N) is 1. The first kappa shape index (κ1) is 17.2. The third-order valence-corrected chi connectivity index (χ3v) is 4.53. The van der Waals surface area contributed by atoms with Crippen molar-refractivity contribution in [2.75, 3.05) is 13.7 Å². The Morgan fingerprint density at radius 1 is 1.36 bits per heavy atom. The molecule has 134 valence electrons. The van der Waals surface area contributed by atoms with Crippen molar-refractivity contribution >= 4 is 6.09 Å². The van der Waals surface area contributed by atoms with E-state index in [-0.39, 0.29) is 17.5 Å². The van der Waals surface area contributed by atoms with Crippen molar-refractivity contribution in [2.45, 2.75) is 31.2 Å². The van der Waals surface area contributed by atoms with Gasteiger partial charge in [0.15, 0.2) is 11.6 Å². The summed E-state index contributed by atoms with van der Waals surface area (Å²) in [6.45, 7) is 0.417. The molecule has 1 amide bonds. The van der Waals surface area contributed by atoms with Gasteiger partial charge in [-0.15, -0.1) is 0 Å². The van der Waals surface area contributed by atoms with E-state index < -0.39 is 17.7 Å². The van der Waals surface area contributed by atoms with Gasteiger partial charge in [0.05, 0.1) is 7.11 Å². The predicted molar refractivity (Wildman–Crippen MR) is 84.3 cm³/mol. The Hall–Kier alpha value is -2.64. The summed E-state index contributed by atoms with van der Waals surface area (Å²) in [6.07, 6.45) is 1.01. The Morgan fingerprint density at radius 2 is 2.16 bits per heavy atom. The van der Waals surface area contributed by atoms with Crippen LogP contribution in [0.15, 0.2) is 33.6 Å². The zero-order chi connectivity index (χ0) is 18.0. The summed E-state index contributed by atoms with van der Waals surface area (Å²) in [7, 11) is 1.30. The molecule has 2 atom stereocenters. The van der Waals surface area contributed by atoms with Crippen molar-refractivity contribution < 1.29 is 22.8 Å². The first-order valence-corrected chi connectivity index (χ1v) is 7.95. The minimum absolute atomic E-state index is 0.0462. The summed E-state index contributed by atoms with van der Waals surface area (Å²) >= 11 is 0. The lowest BCUT2D eigenvalue weighted by atomic mass is 9.86. The first-order chi connectivity index (χ1) is 12.0. The molecular weight excluding hydrogens is 334 g/mol. The van der Waals surface area contributed by atoms with Crippen LogP contribution in [0, 0.1) is 11.6 Å². The number of halogens is 2. The smallest absolute Gasteiger partial charge is 0.409 e. The summed E-state index contributed by atoms with van der Waals surface area (Å²) in [4.78, 5) is 24.9. The van der Waals surface area contributed by atoms with Gasteiger partial charge in [0.25, 0.3) is 5.56 Å². The second kappa shape index (κ2) is 7.08. The SMILES string of the molecule is COC(=O)N1CC[C@@H](c2cc(=O)[nH]o2)C[C@H]1Cc1ccc(F)c(F)c1. The van der Waals surface area contributed by atoms with Crippen LogP contribution in [-0.2, 0) is 11.2 Å². The van der Waals surface area contributed by atoms with E-state index >= 15 is 0 Å². The van der Waals surface area contributed by atoms with E-state index in [1.807, 2.05) is 0 Å². The number of likely N-dealkylation sites (tertiary alicyclic amines) is 1. The molecule has 1 aromatic heterocycles. The predicted octanol–water partition coefficient (Wildman–Crippen LogP) is 2.80. The highest BCUT2D eigenvalue weighted by Crippen LogP contribution is 2.33. The number of ether oxygens (including phenoxy) is 1. The molecule has 0 unspecified atom stereocenters. The van der Waals surface area contributed by atoms with Gasteiger partial charge < -0.3 is 14.2 Å². The van der Waals surface area contributed by atoms with E-state index in [1.54, 1.807) is 4.90 Å². The van der Waals surface area contributed by atoms with Gasteiger partial charge in [0, 0.05) is 24.6 Å². The number of hydrogen-bond donors (Lipinski definition) is 1. The van der Waals surface area contributed by atoms with Gasteiger partial charge >= 0.3 is 6.09 Å². The highest BCUT2D eigenvalue weighted by atomic mass is 19.2. The van der Waals surface area contributed by atoms with Gasteiger partial charge in [-0.25, -0.2) is 13.6 Å². The molecule has 0 aliphatic carbocycles. The normalized spacial score (nSPS) is 20.5. The molecule has 25 heavy (non-hydrogen) atoms. The number of benzene rings is 1. The maximum atomic E-state index is 13.5. The van der Waals surface area contributed by atoms with E-state index in [2.05, 4.69) is 5.16 Å². The van der Waals surface area contributed by atoms with Crippen LogP contribution < -0.4 is 5.56 Å². The lowest BCUT2D eigenvalue weighted by Crippen LogP contribution is -2.46. The van der Waals surface area contributed by atoms with Crippen LogP contribution in [-0.4, -0.2) is 35.8 Å². The van der Waals surface area contributed by atoms with Gasteiger partial charge in [-0.05, 0) is 37.0 Å². The molecule has 1 aromatic carbocycles. The number of nitrogens with zero attached hydrogens (tertiary/aromatic N) is 1. The zero-order valence-corrected chi connectivity index (χ0v) is 13.6. The molecule has 1 fully saturated rings. The quantitative estimate of drug-likeness (QED) is 0.922. The number of H-pyrrole nitrogens is 1. The number of piperidine rings is 1. The highest BCUT2D eigenvalue weighted by molar-refractivity contribution is 5.68. The minimum atomic E-state index is -0.925. The second-order valence-corrected chi connectivity index (χ2v) is 6.11. The fourth-order valence-electron chi connectivity index (χ4n) is 3.30. The number of aromatic amines is 1. The lowest BCUT2D eigenvalue weighted by molar-refractivity contribution is 0.0816. The van der Waals surface area contributed by atoms with Crippen molar-refractivity contribution in [3.63, 3.8) is 0 Å². The molecule has 1 aliphatic rings. The number of amides is 1. The Bertz CT molecular complexity index is 817. The monoisotopic (exact) mass is 352 g/mol. The number of carbonyl (C=O) groups excluding carboxylic acids is 1. The Labute approximate surface area is 142 Å². The molecule has 0 saturated carbocycles. The van der Waals surface area contributed by atoms with Gasteiger partial charge in [-0.3, -0.25) is 4.79 Å². The van der Waals surface area contributed by atoms with Crippen molar-refractivity contribution in [1.82, 2.24) is 10.1 Å². The van der Waals surface area contributed by atoms with Crippen LogP contribution in [0.4, 0.5) is 13.6 Å². The second-order valence-electron chi connectivity index (χ2n) is 6.11. The average Bonchev–Trinajstić information content (AvgIpc) is 3.04. The number of aromatic nitrogens is 1. The van der Waals surface area contributed by atoms with Gasteiger partial charge in [0.1, 0.15) is 5.76 Å². The first-order valence-electron chi connectivity index (χ1n) is 7.95. The number of methoxy groups -OCH3 is 1. The molecule has 3 rings (SSSR count). The van der Waals surface area contributed by atoms with Crippen molar-refractivity contribution in [1.29, 1.82) is 0 Å². The van der Waals surface area contributed by atoms with E-state index in [0.717, 1.165) is 12.1 Å². The molecule has 6 nitrogen and oxygen atoms in total. The summed E-state index contributed by atoms with van der Waals surface area (Å²) in [5, 5.41) is 2.26. The maximum Gasteiger partial charge on any atom is 0.409 e. The standard InChI is InChI=1S/C17H18F2N2O4/c1-24-17(23)21-5-4-11(15-9-16(22)20-25-15)8-12(21)6-10-2-3-13(18)14(19)7-10/h2-3,7,9,11-12H,4-6,8H2,1H3,(H,20,22)/t11-,12-/m1/s1. The van der Waals surface area contributed by atoms with Crippen molar-refractivity contribution in [2.24, 2.45) is 0 Å². The summed E-state index contributed by atoms with van der Waals surface area (Å²) < 4.78 is 36.6. The van der Waals surface area contributed by atoms with Gasteiger partial charge in [-0.1, -0.05) is 6.07 Å². The molecule has 0 bridgehead atoms. The average molecular weight is 352 g/mol. The van der Waals surface area contributed by atoms with Gasteiger partial charge in [-0.2, -0.15) is 5.16 Å². The summed E-state index contributed by atoms with van der Waals surface area (Å²) in [5.74, 6) is -1.35. The summed E-state index contributed by atoms with van der Waals surface area (Å²) in [5.41, 5.74) is 0.261. The molecular formula is C17H18F2N2O4. The molecule has 2 aromatic rings. The molecule has 2 heterocycles. The van der Waals surface area contributed by atoms with Gasteiger partial charge in [0.2, 0.25) is 0 Å². The Morgan fingerprint density at radius 3 is 2.80 bits per heavy atom. The van der Waals surface area contributed by atoms with E-state index in [0.29, 0.717) is 37.1 Å². The summed E-state index contributed by atoms with van der Waals surface area (Å²) in [6, 6.07) is 4.81. The fraction of sp³-hybridized carbons (Fsp3) is 0.412. The van der Waals surface area contributed by atoms with E-state index in [4.69, 9.17) is 9.26 Å². The van der Waals surface area contributed by atoms with Crippen LogP contribution >= 0.6 is 0 Å². The minimum Gasteiger partial charge on any atom is -0.453 e. The molecule has 1 N–H and O–H groups in total. The number of rotatable bonds is 3. The largest absolute Gasteiger partial charge is 0.453 e. The van der Waals surface area contributed by atoms with Crippen LogP contribution in [0.2, 0.25) is 0 Å². The topological polar surface area (TPSA) is 75.5 Å². The lowest BCUT2D eigenvalue weighted by Gasteiger charge is -2.38. The van der Waals surface area contributed by atoms with Crippen molar-refractivity contribution in [3.05, 3.63) is 57.6 Å².